The minimum atomic E-state index is 1.01. The van der Waals surface area contributed by atoms with E-state index in [0.29, 0.717) is 0 Å². The molecule has 0 aromatic rings. The van der Waals surface area contributed by atoms with E-state index in [1.54, 1.807) is 38.5 Å². The Morgan fingerprint density at radius 2 is 1.17 bits per heavy atom. The highest BCUT2D eigenvalue weighted by atomic mass is 14.5. The predicted octanol–water partition coefficient (Wildman–Crippen LogP) is 5.67. The van der Waals surface area contributed by atoms with Gasteiger partial charge in [-0.25, -0.2) is 0 Å². The summed E-state index contributed by atoms with van der Waals surface area (Å²) < 4.78 is 0. The lowest BCUT2D eigenvalue weighted by atomic mass is 9.65. The molecule has 0 spiro atoms. The summed E-state index contributed by atoms with van der Waals surface area (Å²) in [6, 6.07) is 0. The zero-order valence-corrected chi connectivity index (χ0v) is 12.5. The second-order valence-corrected chi connectivity index (χ2v) is 7.98. The molecular formula is C18H32. The first kappa shape index (κ1) is 13.0. The van der Waals surface area contributed by atoms with Gasteiger partial charge in [0.05, 0.1) is 0 Å². The Balaban J connectivity index is 1.66. The van der Waals surface area contributed by atoms with E-state index < -0.39 is 0 Å². The van der Waals surface area contributed by atoms with Crippen molar-refractivity contribution in [1.29, 1.82) is 0 Å². The van der Waals surface area contributed by atoms with Crippen LogP contribution in [-0.2, 0) is 0 Å². The van der Waals surface area contributed by atoms with Crippen LogP contribution in [0.3, 0.4) is 0 Å². The molecule has 3 aliphatic rings. The van der Waals surface area contributed by atoms with Crippen LogP contribution in [0.25, 0.3) is 0 Å². The van der Waals surface area contributed by atoms with E-state index in [2.05, 4.69) is 13.8 Å². The van der Waals surface area contributed by atoms with Crippen LogP contribution in [0.1, 0.15) is 78.1 Å². The van der Waals surface area contributed by atoms with E-state index >= 15 is 0 Å². The lowest BCUT2D eigenvalue weighted by Crippen LogP contribution is -2.31. The van der Waals surface area contributed by atoms with Gasteiger partial charge in [0.2, 0.25) is 0 Å². The van der Waals surface area contributed by atoms with Gasteiger partial charge in [-0.2, -0.15) is 0 Å². The van der Waals surface area contributed by atoms with Crippen molar-refractivity contribution in [2.75, 3.05) is 0 Å². The van der Waals surface area contributed by atoms with Crippen LogP contribution in [-0.4, -0.2) is 0 Å². The fourth-order valence-electron chi connectivity index (χ4n) is 5.72. The van der Waals surface area contributed by atoms with Crippen LogP contribution < -0.4 is 0 Å². The molecule has 0 heterocycles. The third kappa shape index (κ3) is 2.63. The predicted molar refractivity (Wildman–Crippen MR) is 78.5 cm³/mol. The Morgan fingerprint density at radius 1 is 0.556 bits per heavy atom. The van der Waals surface area contributed by atoms with E-state index in [0.717, 1.165) is 35.5 Å². The van der Waals surface area contributed by atoms with E-state index in [1.807, 2.05) is 0 Å². The molecule has 0 aliphatic heterocycles. The van der Waals surface area contributed by atoms with E-state index in [9.17, 15) is 0 Å². The van der Waals surface area contributed by atoms with Gasteiger partial charge in [0.1, 0.15) is 0 Å². The Morgan fingerprint density at radius 3 is 1.89 bits per heavy atom. The minimum absolute atomic E-state index is 1.01. The van der Waals surface area contributed by atoms with Crippen molar-refractivity contribution in [2.45, 2.75) is 78.1 Å². The number of hydrogen-bond donors (Lipinski definition) is 0. The Bertz CT molecular complexity index is 255. The molecule has 3 fully saturated rings. The number of fused-ring (bicyclic) bond motifs is 2. The molecule has 3 saturated carbocycles. The van der Waals surface area contributed by atoms with Gasteiger partial charge in [0.25, 0.3) is 0 Å². The van der Waals surface area contributed by atoms with Gasteiger partial charge >= 0.3 is 0 Å². The second-order valence-electron chi connectivity index (χ2n) is 7.98. The summed E-state index contributed by atoms with van der Waals surface area (Å²) in [4.78, 5) is 0. The molecule has 0 saturated heterocycles. The number of rotatable bonds is 1. The SMILES string of the molecule is CC1CCCCC(C2C3CCC2CC(C)C3)CC1. The summed E-state index contributed by atoms with van der Waals surface area (Å²) in [6.45, 7) is 4.99. The summed E-state index contributed by atoms with van der Waals surface area (Å²) in [7, 11) is 0. The molecule has 3 rings (SSSR count). The Kier molecular flexibility index (Phi) is 4.01. The second kappa shape index (κ2) is 5.55. The molecule has 4 unspecified atom stereocenters. The first-order chi connectivity index (χ1) is 8.74. The standard InChI is InChI=1S/C18H32/c1-13-5-3-4-6-15(8-7-13)18-16-9-10-17(18)12-14(2)11-16/h13-18H,3-12H2,1-2H3. The zero-order chi connectivity index (χ0) is 12.5. The molecule has 3 aliphatic carbocycles. The van der Waals surface area contributed by atoms with Gasteiger partial charge in [-0.3, -0.25) is 0 Å². The normalized spacial score (nSPS) is 49.7. The highest BCUT2D eigenvalue weighted by Crippen LogP contribution is 2.54. The van der Waals surface area contributed by atoms with Crippen molar-refractivity contribution < 1.29 is 0 Å². The molecule has 0 aromatic heterocycles. The molecule has 104 valence electrons. The lowest BCUT2D eigenvalue weighted by Gasteiger charge is -2.40. The monoisotopic (exact) mass is 248 g/mol. The Labute approximate surface area is 114 Å². The van der Waals surface area contributed by atoms with Crippen molar-refractivity contribution in [3.05, 3.63) is 0 Å². The van der Waals surface area contributed by atoms with E-state index in [4.69, 9.17) is 0 Å². The topological polar surface area (TPSA) is 0 Å². The Hall–Kier alpha value is 0. The maximum atomic E-state index is 2.50. The first-order valence-electron chi connectivity index (χ1n) is 8.74. The molecule has 0 amide bonds. The summed E-state index contributed by atoms with van der Waals surface area (Å²) >= 11 is 0. The zero-order valence-electron chi connectivity index (χ0n) is 12.5. The molecule has 0 radical (unpaired) electrons. The summed E-state index contributed by atoms with van der Waals surface area (Å²) in [5, 5.41) is 0. The van der Waals surface area contributed by atoms with Crippen molar-refractivity contribution in [3.63, 3.8) is 0 Å². The minimum Gasteiger partial charge on any atom is -0.0625 e. The van der Waals surface area contributed by atoms with Gasteiger partial charge in [-0.05, 0) is 67.6 Å². The maximum absolute atomic E-state index is 2.50. The molecule has 0 nitrogen and oxygen atoms in total. The van der Waals surface area contributed by atoms with Gasteiger partial charge < -0.3 is 0 Å². The van der Waals surface area contributed by atoms with Crippen LogP contribution in [0.2, 0.25) is 0 Å². The third-order valence-corrected chi connectivity index (χ3v) is 6.50. The quantitative estimate of drug-likeness (QED) is 0.561. The van der Waals surface area contributed by atoms with Crippen molar-refractivity contribution in [1.82, 2.24) is 0 Å². The van der Waals surface area contributed by atoms with E-state index in [1.165, 1.54) is 25.7 Å². The molecule has 0 aromatic carbocycles. The van der Waals surface area contributed by atoms with Crippen LogP contribution in [0.15, 0.2) is 0 Å². The fraction of sp³-hybridized carbons (Fsp3) is 1.00. The molecule has 18 heavy (non-hydrogen) atoms. The third-order valence-electron chi connectivity index (χ3n) is 6.50. The number of hydrogen-bond acceptors (Lipinski definition) is 0. The molecule has 2 bridgehead atoms. The van der Waals surface area contributed by atoms with E-state index in [-0.39, 0.29) is 0 Å². The van der Waals surface area contributed by atoms with Gasteiger partial charge in [0.15, 0.2) is 0 Å². The molecule has 0 N–H and O–H groups in total. The van der Waals surface area contributed by atoms with Gasteiger partial charge in [-0.15, -0.1) is 0 Å². The first-order valence-corrected chi connectivity index (χ1v) is 8.74. The van der Waals surface area contributed by atoms with Crippen LogP contribution in [0.4, 0.5) is 0 Å². The highest BCUT2D eigenvalue weighted by molar-refractivity contribution is 4.94. The lowest BCUT2D eigenvalue weighted by molar-refractivity contribution is 0.0962. The van der Waals surface area contributed by atoms with Gasteiger partial charge in [0, 0.05) is 0 Å². The van der Waals surface area contributed by atoms with Crippen molar-refractivity contribution >= 4 is 0 Å². The van der Waals surface area contributed by atoms with Crippen molar-refractivity contribution in [3.8, 4) is 0 Å². The molecule has 0 heteroatoms. The highest BCUT2D eigenvalue weighted by Gasteiger charge is 2.44. The van der Waals surface area contributed by atoms with Gasteiger partial charge in [-0.1, -0.05) is 46.0 Å². The molecular weight excluding hydrogens is 216 g/mol. The van der Waals surface area contributed by atoms with Crippen LogP contribution in [0.5, 0.6) is 0 Å². The van der Waals surface area contributed by atoms with Crippen LogP contribution >= 0.6 is 0 Å². The van der Waals surface area contributed by atoms with Crippen LogP contribution in [0, 0.1) is 35.5 Å². The maximum Gasteiger partial charge on any atom is -0.0329 e. The largest absolute Gasteiger partial charge is 0.0625 e. The molecule has 4 atom stereocenters. The fourth-order valence-corrected chi connectivity index (χ4v) is 5.72. The smallest absolute Gasteiger partial charge is 0.0329 e. The summed E-state index contributed by atoms with van der Waals surface area (Å²) in [5.74, 6) is 6.54. The summed E-state index contributed by atoms with van der Waals surface area (Å²) in [6.07, 6.45) is 15.5. The average Bonchev–Trinajstić information content (AvgIpc) is 2.57. The van der Waals surface area contributed by atoms with Crippen molar-refractivity contribution in [2.24, 2.45) is 35.5 Å². The summed E-state index contributed by atoms with van der Waals surface area (Å²) in [5.41, 5.74) is 0. The average molecular weight is 248 g/mol.